The van der Waals surface area contributed by atoms with Crippen LogP contribution in [0.2, 0.25) is 0 Å². The Morgan fingerprint density at radius 3 is 2.00 bits per heavy atom. The zero-order valence-electron chi connectivity index (χ0n) is 7.19. The van der Waals surface area contributed by atoms with Gasteiger partial charge in [-0.1, -0.05) is 12.2 Å². The van der Waals surface area contributed by atoms with Gasteiger partial charge in [0.15, 0.2) is 0 Å². The third-order valence-corrected chi connectivity index (χ3v) is 2.74. The average Bonchev–Trinajstić information content (AvgIpc) is 2.52. The van der Waals surface area contributed by atoms with E-state index in [1.165, 1.54) is 0 Å². The fourth-order valence-electron chi connectivity index (χ4n) is 2.06. The second-order valence-corrected chi connectivity index (χ2v) is 3.65. The molecule has 0 amide bonds. The summed E-state index contributed by atoms with van der Waals surface area (Å²) in [7, 11) is 0. The summed E-state index contributed by atoms with van der Waals surface area (Å²) in [5.41, 5.74) is 0. The maximum absolute atomic E-state index is 13.5. The minimum atomic E-state index is -5.41. The van der Waals surface area contributed by atoms with Crippen LogP contribution >= 0.6 is 0 Å². The Bertz CT molecular complexity index is 309. The molecule has 0 aromatic rings. The van der Waals surface area contributed by atoms with Crippen molar-refractivity contribution in [1.29, 1.82) is 0 Å². The fraction of sp³-hybridized carbons (Fsp3) is 0.750. The van der Waals surface area contributed by atoms with E-state index in [-0.39, 0.29) is 6.42 Å². The summed E-state index contributed by atoms with van der Waals surface area (Å²) in [6, 6.07) is 0. The highest BCUT2D eigenvalue weighted by molar-refractivity contribution is 5.22. The maximum atomic E-state index is 13.5. The van der Waals surface area contributed by atoms with Crippen molar-refractivity contribution in [3.8, 4) is 0 Å². The Hall–Kier alpha value is -0.720. The molecule has 1 fully saturated rings. The van der Waals surface area contributed by atoms with Crippen molar-refractivity contribution in [2.45, 2.75) is 24.6 Å². The van der Waals surface area contributed by atoms with E-state index in [9.17, 15) is 26.3 Å². The van der Waals surface area contributed by atoms with Gasteiger partial charge in [0.2, 0.25) is 0 Å². The molecule has 0 heterocycles. The summed E-state index contributed by atoms with van der Waals surface area (Å²) < 4.78 is 78.2. The first-order chi connectivity index (χ1) is 6.67. The summed E-state index contributed by atoms with van der Waals surface area (Å²) in [6.45, 7) is 0. The van der Waals surface area contributed by atoms with E-state index in [0.29, 0.717) is 0 Å². The molecule has 2 rings (SSSR count). The first kappa shape index (κ1) is 10.8. The maximum Gasteiger partial charge on any atom is 0.525 e. The van der Waals surface area contributed by atoms with Crippen molar-refractivity contribution in [3.63, 3.8) is 0 Å². The Balaban J connectivity index is 2.32. The molecule has 2 bridgehead atoms. The van der Waals surface area contributed by atoms with Crippen LogP contribution in [-0.2, 0) is 4.74 Å². The van der Waals surface area contributed by atoms with Crippen LogP contribution in [0.3, 0.4) is 0 Å². The van der Waals surface area contributed by atoms with Gasteiger partial charge in [0.25, 0.3) is 5.85 Å². The van der Waals surface area contributed by atoms with Gasteiger partial charge in [-0.25, -0.2) is 9.13 Å². The first-order valence-electron chi connectivity index (χ1n) is 4.19. The van der Waals surface area contributed by atoms with Crippen LogP contribution in [0, 0.1) is 11.8 Å². The van der Waals surface area contributed by atoms with Gasteiger partial charge in [0, 0.05) is 11.8 Å². The zero-order valence-corrected chi connectivity index (χ0v) is 7.19. The normalized spacial score (nSPS) is 42.5. The molecule has 86 valence electrons. The monoisotopic (exact) mass is 232 g/mol. The average molecular weight is 232 g/mol. The quantitative estimate of drug-likeness (QED) is 0.498. The second-order valence-electron chi connectivity index (χ2n) is 3.65. The van der Waals surface area contributed by atoms with Gasteiger partial charge >= 0.3 is 12.3 Å². The van der Waals surface area contributed by atoms with Gasteiger partial charge in [0.1, 0.15) is 0 Å². The molecule has 15 heavy (non-hydrogen) atoms. The summed E-state index contributed by atoms with van der Waals surface area (Å²) in [5.74, 6) is -11.1. The Kier molecular flexibility index (Phi) is 1.94. The van der Waals surface area contributed by atoms with E-state index < -0.39 is 30.0 Å². The highest BCUT2D eigenvalue weighted by Crippen LogP contribution is 2.60. The molecule has 7 heteroatoms. The van der Waals surface area contributed by atoms with Gasteiger partial charge in [-0.15, -0.1) is 13.2 Å². The molecule has 1 saturated carbocycles. The molecule has 0 aliphatic heterocycles. The van der Waals surface area contributed by atoms with Crippen LogP contribution < -0.4 is 0 Å². The lowest BCUT2D eigenvalue weighted by Crippen LogP contribution is -2.52. The van der Waals surface area contributed by atoms with Gasteiger partial charge in [0.05, 0.1) is 0 Å². The van der Waals surface area contributed by atoms with Crippen molar-refractivity contribution in [2.24, 2.45) is 11.8 Å². The molecular formula is C8H6F6O. The molecule has 0 aromatic carbocycles. The summed E-state index contributed by atoms with van der Waals surface area (Å²) >= 11 is 0. The first-order valence-corrected chi connectivity index (χ1v) is 4.19. The van der Waals surface area contributed by atoms with Crippen LogP contribution in [-0.4, -0.2) is 18.1 Å². The lowest BCUT2D eigenvalue weighted by atomic mass is 9.98. The summed E-state index contributed by atoms with van der Waals surface area (Å²) in [5, 5.41) is 0. The lowest BCUT2D eigenvalue weighted by Gasteiger charge is -2.34. The molecule has 0 spiro atoms. The standard InChI is InChI=1S/C8H6F6O/c9-6(10)4-1-2-5(3-4)7(6,11)15-8(12,13)14/h1-2,4-5H,3H2. The third-order valence-electron chi connectivity index (χ3n) is 2.74. The van der Waals surface area contributed by atoms with Gasteiger partial charge in [-0.2, -0.15) is 8.78 Å². The number of fused-ring (bicyclic) bond motifs is 2. The zero-order chi connectivity index (χ0) is 11.5. The molecule has 1 nitrogen and oxygen atoms in total. The molecule has 0 saturated heterocycles. The predicted octanol–water partition coefficient (Wildman–Crippen LogP) is 3.03. The van der Waals surface area contributed by atoms with Crippen LogP contribution in [0.5, 0.6) is 0 Å². The van der Waals surface area contributed by atoms with Crippen LogP contribution in [0.25, 0.3) is 0 Å². The largest absolute Gasteiger partial charge is 0.525 e. The number of halogens is 6. The van der Waals surface area contributed by atoms with E-state index in [2.05, 4.69) is 4.74 Å². The third kappa shape index (κ3) is 1.36. The van der Waals surface area contributed by atoms with E-state index in [1.54, 1.807) is 0 Å². The van der Waals surface area contributed by atoms with Crippen LogP contribution in [0.4, 0.5) is 26.3 Å². The highest BCUT2D eigenvalue weighted by Gasteiger charge is 2.73. The Morgan fingerprint density at radius 2 is 1.60 bits per heavy atom. The lowest BCUT2D eigenvalue weighted by molar-refractivity contribution is -0.431. The second kappa shape index (κ2) is 2.69. The van der Waals surface area contributed by atoms with E-state index >= 15 is 0 Å². The van der Waals surface area contributed by atoms with Gasteiger partial charge in [-0.3, -0.25) is 0 Å². The van der Waals surface area contributed by atoms with Crippen molar-refractivity contribution >= 4 is 0 Å². The Morgan fingerprint density at radius 1 is 1.07 bits per heavy atom. The van der Waals surface area contributed by atoms with Crippen molar-refractivity contribution < 1.29 is 31.1 Å². The molecule has 2 aliphatic carbocycles. The van der Waals surface area contributed by atoms with Crippen LogP contribution in [0.15, 0.2) is 12.2 Å². The molecule has 2 aliphatic rings. The topological polar surface area (TPSA) is 9.23 Å². The SMILES string of the molecule is FC(F)(F)OC1(F)C2C=CC(C2)C1(F)F. The van der Waals surface area contributed by atoms with E-state index in [1.807, 2.05) is 0 Å². The molecule has 3 atom stereocenters. The van der Waals surface area contributed by atoms with Crippen molar-refractivity contribution in [2.75, 3.05) is 0 Å². The highest BCUT2D eigenvalue weighted by atomic mass is 19.4. The smallest absolute Gasteiger partial charge is 0.247 e. The van der Waals surface area contributed by atoms with Gasteiger partial charge < -0.3 is 0 Å². The van der Waals surface area contributed by atoms with E-state index in [0.717, 1.165) is 12.2 Å². The van der Waals surface area contributed by atoms with Crippen molar-refractivity contribution in [3.05, 3.63) is 12.2 Å². The molecule has 0 radical (unpaired) electrons. The number of alkyl halides is 6. The van der Waals surface area contributed by atoms with Crippen LogP contribution in [0.1, 0.15) is 6.42 Å². The minimum Gasteiger partial charge on any atom is -0.247 e. The van der Waals surface area contributed by atoms with E-state index in [4.69, 9.17) is 0 Å². The molecule has 0 aromatic heterocycles. The molecular weight excluding hydrogens is 226 g/mol. The number of hydrogen-bond donors (Lipinski definition) is 0. The van der Waals surface area contributed by atoms with Gasteiger partial charge in [-0.05, 0) is 6.42 Å². The summed E-state index contributed by atoms with van der Waals surface area (Å²) in [4.78, 5) is 0. The number of allylic oxidation sites excluding steroid dienone is 1. The Labute approximate surface area is 80.7 Å². The number of ether oxygens (including phenoxy) is 1. The van der Waals surface area contributed by atoms with Crippen molar-refractivity contribution in [1.82, 2.24) is 0 Å². The number of rotatable bonds is 1. The molecule has 3 unspecified atom stereocenters. The minimum absolute atomic E-state index is 0.348. The summed E-state index contributed by atoms with van der Waals surface area (Å²) in [6.07, 6.45) is -3.72. The molecule has 0 N–H and O–H groups in total. The fourth-order valence-corrected chi connectivity index (χ4v) is 2.06. The predicted molar refractivity (Wildman–Crippen MR) is 36.7 cm³/mol. The number of hydrogen-bond acceptors (Lipinski definition) is 1.